The molecule has 0 fully saturated rings. The summed E-state index contributed by atoms with van der Waals surface area (Å²) < 4.78 is 0. The number of carbonyl (C=O) groups is 2. The zero-order valence-electron chi connectivity index (χ0n) is 11.6. The van der Waals surface area contributed by atoms with Crippen LogP contribution in [0.1, 0.15) is 64.2 Å². The molecule has 0 rings (SSSR count). The van der Waals surface area contributed by atoms with Crippen LogP contribution >= 0.6 is 0 Å². The average Bonchev–Trinajstić information content (AvgIpc) is 2.35. The van der Waals surface area contributed by atoms with Gasteiger partial charge in [-0.15, -0.1) is 6.58 Å². The Bertz CT molecular complexity index is 273. The van der Waals surface area contributed by atoms with Crippen LogP contribution < -0.4 is 0 Å². The molecule has 0 aliphatic rings. The lowest BCUT2D eigenvalue weighted by molar-refractivity contribution is -0.140. The van der Waals surface area contributed by atoms with E-state index in [4.69, 9.17) is 10.2 Å². The SMILES string of the molecule is C=CC(CCCCCCCCCCC(=O)O)C(=O)O. The fourth-order valence-electron chi connectivity index (χ4n) is 2.04. The number of unbranched alkanes of at least 4 members (excludes halogenated alkanes) is 7. The Morgan fingerprint density at radius 2 is 1.37 bits per heavy atom. The summed E-state index contributed by atoms with van der Waals surface area (Å²) in [4.78, 5) is 21.0. The predicted octanol–water partition coefficient (Wildman–Crippen LogP) is 3.86. The summed E-state index contributed by atoms with van der Waals surface area (Å²) in [7, 11) is 0. The molecule has 0 saturated heterocycles. The van der Waals surface area contributed by atoms with Gasteiger partial charge in [0.05, 0.1) is 5.92 Å². The van der Waals surface area contributed by atoms with Crippen LogP contribution in [-0.4, -0.2) is 22.2 Å². The van der Waals surface area contributed by atoms with Crippen LogP contribution in [0.5, 0.6) is 0 Å². The average molecular weight is 270 g/mol. The largest absolute Gasteiger partial charge is 0.481 e. The molecule has 1 atom stereocenters. The van der Waals surface area contributed by atoms with Gasteiger partial charge in [0.25, 0.3) is 0 Å². The number of hydrogen-bond acceptors (Lipinski definition) is 2. The van der Waals surface area contributed by atoms with Gasteiger partial charge < -0.3 is 10.2 Å². The summed E-state index contributed by atoms with van der Waals surface area (Å²) in [6.45, 7) is 3.53. The maximum absolute atomic E-state index is 10.7. The van der Waals surface area contributed by atoms with E-state index >= 15 is 0 Å². The third kappa shape index (κ3) is 11.5. The molecule has 4 nitrogen and oxygen atoms in total. The molecule has 0 aliphatic carbocycles. The Hall–Kier alpha value is -1.32. The molecule has 0 saturated carbocycles. The maximum Gasteiger partial charge on any atom is 0.310 e. The van der Waals surface area contributed by atoms with Gasteiger partial charge in [0.2, 0.25) is 0 Å². The summed E-state index contributed by atoms with van der Waals surface area (Å²) in [5.41, 5.74) is 0. The van der Waals surface area contributed by atoms with Gasteiger partial charge in [0.15, 0.2) is 0 Å². The lowest BCUT2D eigenvalue weighted by atomic mass is 10.00. The summed E-state index contributed by atoms with van der Waals surface area (Å²) in [6.07, 6.45) is 10.7. The van der Waals surface area contributed by atoms with E-state index in [1.165, 1.54) is 6.08 Å². The standard InChI is InChI=1S/C15H26O4/c1-2-13(15(18)19)11-9-7-5-3-4-6-8-10-12-14(16)17/h2,13H,1,3-12H2,(H,16,17)(H,18,19). The van der Waals surface area contributed by atoms with E-state index < -0.39 is 17.9 Å². The van der Waals surface area contributed by atoms with Crippen LogP contribution in [0, 0.1) is 5.92 Å². The molecule has 0 aromatic rings. The highest BCUT2D eigenvalue weighted by Crippen LogP contribution is 2.14. The molecule has 0 bridgehead atoms. The first-order chi connectivity index (χ1) is 9.07. The Kier molecular flexibility index (Phi) is 10.9. The number of aliphatic carboxylic acids is 2. The molecule has 0 aliphatic heterocycles. The van der Waals surface area contributed by atoms with Crippen molar-refractivity contribution in [2.45, 2.75) is 64.2 Å². The van der Waals surface area contributed by atoms with Gasteiger partial charge >= 0.3 is 11.9 Å². The Balaban J connectivity index is 3.25. The van der Waals surface area contributed by atoms with E-state index in [0.717, 1.165) is 51.4 Å². The van der Waals surface area contributed by atoms with E-state index in [2.05, 4.69) is 6.58 Å². The smallest absolute Gasteiger partial charge is 0.310 e. The van der Waals surface area contributed by atoms with E-state index in [-0.39, 0.29) is 6.42 Å². The molecule has 0 aromatic carbocycles. The number of carboxylic acids is 2. The Morgan fingerprint density at radius 3 is 1.79 bits per heavy atom. The van der Waals surface area contributed by atoms with Crippen LogP contribution in [0.15, 0.2) is 12.7 Å². The highest BCUT2D eigenvalue weighted by atomic mass is 16.4. The van der Waals surface area contributed by atoms with Gasteiger partial charge in [-0.1, -0.05) is 51.0 Å². The monoisotopic (exact) mass is 270 g/mol. The molecule has 0 spiro atoms. The van der Waals surface area contributed by atoms with Gasteiger partial charge in [0, 0.05) is 6.42 Å². The summed E-state index contributed by atoms with van der Waals surface area (Å²) in [5, 5.41) is 17.3. The van der Waals surface area contributed by atoms with Crippen LogP contribution in [0.4, 0.5) is 0 Å². The summed E-state index contributed by atoms with van der Waals surface area (Å²) >= 11 is 0. The fraction of sp³-hybridized carbons (Fsp3) is 0.733. The minimum absolute atomic E-state index is 0.276. The van der Waals surface area contributed by atoms with E-state index in [1.807, 2.05) is 0 Å². The molecule has 0 heterocycles. The van der Waals surface area contributed by atoms with Crippen molar-refractivity contribution in [2.24, 2.45) is 5.92 Å². The van der Waals surface area contributed by atoms with Crippen molar-refractivity contribution < 1.29 is 19.8 Å². The molecule has 110 valence electrons. The topological polar surface area (TPSA) is 74.6 Å². The summed E-state index contributed by atoms with van der Waals surface area (Å²) in [5.74, 6) is -1.90. The van der Waals surface area contributed by atoms with Gasteiger partial charge in [0.1, 0.15) is 0 Å². The van der Waals surface area contributed by atoms with Crippen molar-refractivity contribution in [3.05, 3.63) is 12.7 Å². The van der Waals surface area contributed by atoms with Crippen molar-refractivity contribution >= 4 is 11.9 Å². The van der Waals surface area contributed by atoms with Crippen LogP contribution in [0.3, 0.4) is 0 Å². The summed E-state index contributed by atoms with van der Waals surface area (Å²) in [6, 6.07) is 0. The second kappa shape index (κ2) is 11.8. The first-order valence-electron chi connectivity index (χ1n) is 7.15. The van der Waals surface area contributed by atoms with E-state index in [0.29, 0.717) is 6.42 Å². The van der Waals surface area contributed by atoms with Gasteiger partial charge in [-0.3, -0.25) is 9.59 Å². The maximum atomic E-state index is 10.7. The quantitative estimate of drug-likeness (QED) is 0.393. The molecule has 0 aromatic heterocycles. The van der Waals surface area contributed by atoms with Gasteiger partial charge in [-0.2, -0.15) is 0 Å². The van der Waals surface area contributed by atoms with Crippen LogP contribution in [0.2, 0.25) is 0 Å². The van der Waals surface area contributed by atoms with Crippen molar-refractivity contribution in [1.29, 1.82) is 0 Å². The number of carboxylic acid groups (broad SMARTS) is 2. The lowest BCUT2D eigenvalue weighted by Crippen LogP contribution is -2.10. The number of rotatable bonds is 13. The molecule has 1 unspecified atom stereocenters. The normalized spacial score (nSPS) is 12.0. The zero-order chi connectivity index (χ0) is 14.5. The molecular weight excluding hydrogens is 244 g/mol. The van der Waals surface area contributed by atoms with Crippen molar-refractivity contribution in [3.63, 3.8) is 0 Å². The van der Waals surface area contributed by atoms with E-state index in [1.54, 1.807) is 0 Å². The van der Waals surface area contributed by atoms with E-state index in [9.17, 15) is 9.59 Å². The van der Waals surface area contributed by atoms with Crippen molar-refractivity contribution in [3.8, 4) is 0 Å². The Morgan fingerprint density at radius 1 is 0.895 bits per heavy atom. The molecule has 19 heavy (non-hydrogen) atoms. The molecule has 4 heteroatoms. The second-order valence-electron chi connectivity index (χ2n) is 4.94. The minimum Gasteiger partial charge on any atom is -0.481 e. The fourth-order valence-corrected chi connectivity index (χ4v) is 2.04. The third-order valence-electron chi connectivity index (χ3n) is 3.26. The minimum atomic E-state index is -0.784. The molecule has 0 radical (unpaired) electrons. The van der Waals surface area contributed by atoms with Gasteiger partial charge in [-0.05, 0) is 12.8 Å². The Labute approximate surface area is 115 Å². The highest BCUT2D eigenvalue weighted by molar-refractivity contribution is 5.71. The van der Waals surface area contributed by atoms with Crippen molar-refractivity contribution in [2.75, 3.05) is 0 Å². The molecule has 2 N–H and O–H groups in total. The first kappa shape index (κ1) is 17.7. The van der Waals surface area contributed by atoms with Crippen molar-refractivity contribution in [1.82, 2.24) is 0 Å². The predicted molar refractivity (Wildman–Crippen MR) is 75.1 cm³/mol. The lowest BCUT2D eigenvalue weighted by Gasteiger charge is -2.06. The van der Waals surface area contributed by atoms with Gasteiger partial charge in [-0.25, -0.2) is 0 Å². The molecule has 0 amide bonds. The third-order valence-corrected chi connectivity index (χ3v) is 3.26. The number of hydrogen-bond donors (Lipinski definition) is 2. The second-order valence-corrected chi connectivity index (χ2v) is 4.94. The highest BCUT2D eigenvalue weighted by Gasteiger charge is 2.11. The van der Waals surface area contributed by atoms with Crippen LogP contribution in [-0.2, 0) is 9.59 Å². The zero-order valence-corrected chi connectivity index (χ0v) is 11.6. The molecular formula is C15H26O4. The first-order valence-corrected chi connectivity index (χ1v) is 7.15. The van der Waals surface area contributed by atoms with Crippen LogP contribution in [0.25, 0.3) is 0 Å².